The molecule has 1 saturated carbocycles. The Morgan fingerprint density at radius 1 is 1.18 bits per heavy atom. The Bertz CT molecular complexity index is 880. The van der Waals surface area contributed by atoms with Crippen LogP contribution in [0.5, 0.6) is 0 Å². The number of hydrogen-bond donors (Lipinski definition) is 3. The van der Waals surface area contributed by atoms with Crippen LogP contribution in [0.2, 0.25) is 0 Å². The maximum absolute atomic E-state index is 13.5. The molecule has 186 valence electrons. The minimum absolute atomic E-state index is 0.0341. The maximum Gasteiger partial charge on any atom is 0.247 e. The maximum atomic E-state index is 13.5. The summed E-state index contributed by atoms with van der Waals surface area (Å²) in [6, 6.07) is 7.23. The summed E-state index contributed by atoms with van der Waals surface area (Å²) in [7, 11) is 0. The van der Waals surface area contributed by atoms with Crippen molar-refractivity contribution in [2.24, 2.45) is 11.3 Å². The molecule has 1 spiro atoms. The van der Waals surface area contributed by atoms with Crippen molar-refractivity contribution in [3.63, 3.8) is 0 Å². The van der Waals surface area contributed by atoms with Crippen LogP contribution in [0.4, 0.5) is 11.4 Å². The highest BCUT2D eigenvalue weighted by atomic mass is 16.5. The number of likely N-dealkylation sites (tertiary alicyclic amines) is 1. The smallest absolute Gasteiger partial charge is 0.247 e. The second kappa shape index (κ2) is 10.7. The van der Waals surface area contributed by atoms with E-state index in [0.717, 1.165) is 44.5 Å². The molecule has 1 aromatic carbocycles. The number of nitrogens with zero attached hydrogens (tertiary/aromatic N) is 2. The minimum atomic E-state index is -0.573. The Morgan fingerprint density at radius 2 is 1.88 bits per heavy atom. The molecule has 0 bridgehead atoms. The zero-order valence-corrected chi connectivity index (χ0v) is 19.9. The summed E-state index contributed by atoms with van der Waals surface area (Å²) in [5, 5.41) is 12.0. The van der Waals surface area contributed by atoms with E-state index in [-0.39, 0.29) is 23.7 Å². The number of benzene rings is 1. The van der Waals surface area contributed by atoms with Gasteiger partial charge in [0.25, 0.3) is 0 Å². The molecule has 4 rings (SSSR count). The predicted molar refractivity (Wildman–Crippen MR) is 127 cm³/mol. The molecule has 3 amide bonds. The van der Waals surface area contributed by atoms with E-state index in [2.05, 4.69) is 10.2 Å². The standard InChI is InChI=1S/C25H36N4O5/c1-2-3-4-18(15-22(30)27-33)24(32)29-17-25(9-10-25)16-21(29)23(31)26-19-5-7-20(8-6-19)28-11-13-34-14-12-28/h5-8,18,21,33H,2-4,9-17H2,1H3,(H,26,31)(H,27,30)/t18-,21+/m1/s1. The second-order valence-electron chi connectivity index (χ2n) is 9.90. The number of carbonyl (C=O) groups is 3. The Balaban J connectivity index is 1.43. The number of rotatable bonds is 9. The Morgan fingerprint density at radius 3 is 2.50 bits per heavy atom. The summed E-state index contributed by atoms with van der Waals surface area (Å²) >= 11 is 0. The van der Waals surface area contributed by atoms with Gasteiger partial charge in [-0.1, -0.05) is 19.8 Å². The van der Waals surface area contributed by atoms with Crippen LogP contribution in [0, 0.1) is 11.3 Å². The van der Waals surface area contributed by atoms with Gasteiger partial charge in [0.05, 0.1) is 13.2 Å². The highest BCUT2D eigenvalue weighted by molar-refractivity contribution is 5.98. The van der Waals surface area contributed by atoms with Crippen LogP contribution in [0.15, 0.2) is 24.3 Å². The van der Waals surface area contributed by atoms with Crippen molar-refractivity contribution in [1.82, 2.24) is 10.4 Å². The van der Waals surface area contributed by atoms with Crippen LogP contribution >= 0.6 is 0 Å². The van der Waals surface area contributed by atoms with Gasteiger partial charge in [0.15, 0.2) is 0 Å². The Hall–Kier alpha value is -2.65. The van der Waals surface area contributed by atoms with E-state index in [9.17, 15) is 14.4 Å². The fourth-order valence-electron chi connectivity index (χ4n) is 5.13. The van der Waals surface area contributed by atoms with Gasteiger partial charge in [-0.05, 0) is 55.4 Å². The van der Waals surface area contributed by atoms with Gasteiger partial charge in [0, 0.05) is 43.3 Å². The third-order valence-electron chi connectivity index (χ3n) is 7.37. The summed E-state index contributed by atoms with van der Waals surface area (Å²) in [4.78, 5) is 42.5. The summed E-state index contributed by atoms with van der Waals surface area (Å²) in [6.45, 7) is 5.71. The van der Waals surface area contributed by atoms with Gasteiger partial charge in [-0.3, -0.25) is 19.6 Å². The monoisotopic (exact) mass is 472 g/mol. The van der Waals surface area contributed by atoms with E-state index in [1.807, 2.05) is 31.2 Å². The first kappa shape index (κ1) is 24.5. The number of amides is 3. The van der Waals surface area contributed by atoms with Crippen LogP contribution in [-0.2, 0) is 19.1 Å². The van der Waals surface area contributed by atoms with E-state index >= 15 is 0 Å². The number of nitrogens with one attached hydrogen (secondary N) is 2. The van der Waals surface area contributed by atoms with Crippen molar-refractivity contribution in [1.29, 1.82) is 0 Å². The summed E-state index contributed by atoms with van der Waals surface area (Å²) in [5.74, 6) is -1.46. The molecule has 1 aliphatic carbocycles. The number of unbranched alkanes of at least 4 members (excludes halogenated alkanes) is 1. The molecule has 9 nitrogen and oxygen atoms in total. The third-order valence-corrected chi connectivity index (χ3v) is 7.37. The van der Waals surface area contributed by atoms with E-state index in [1.54, 1.807) is 10.4 Å². The molecule has 2 atom stereocenters. The number of ether oxygens (including phenoxy) is 1. The van der Waals surface area contributed by atoms with Gasteiger partial charge in [-0.15, -0.1) is 0 Å². The fraction of sp³-hybridized carbons (Fsp3) is 0.640. The highest BCUT2D eigenvalue weighted by Crippen LogP contribution is 2.55. The average Bonchev–Trinajstić information content (AvgIpc) is 3.51. The number of carbonyl (C=O) groups excluding carboxylic acids is 3. The van der Waals surface area contributed by atoms with Crippen LogP contribution in [0.25, 0.3) is 0 Å². The molecule has 9 heteroatoms. The Labute approximate surface area is 200 Å². The van der Waals surface area contributed by atoms with Gasteiger partial charge in [0.1, 0.15) is 6.04 Å². The lowest BCUT2D eigenvalue weighted by Crippen LogP contribution is -2.46. The summed E-state index contributed by atoms with van der Waals surface area (Å²) < 4.78 is 5.41. The quantitative estimate of drug-likeness (QED) is 0.376. The van der Waals surface area contributed by atoms with Crippen LogP contribution in [0.3, 0.4) is 0 Å². The molecule has 2 aliphatic heterocycles. The number of morpholine rings is 1. The lowest BCUT2D eigenvalue weighted by Gasteiger charge is -2.29. The van der Waals surface area contributed by atoms with Crippen molar-refractivity contribution in [2.45, 2.75) is 57.9 Å². The van der Waals surface area contributed by atoms with E-state index < -0.39 is 17.9 Å². The molecule has 3 aliphatic rings. The fourth-order valence-corrected chi connectivity index (χ4v) is 5.13. The lowest BCUT2D eigenvalue weighted by atomic mass is 9.96. The van der Waals surface area contributed by atoms with Crippen molar-refractivity contribution >= 4 is 29.1 Å². The number of hydroxylamine groups is 1. The summed E-state index contributed by atoms with van der Waals surface area (Å²) in [5.41, 5.74) is 3.47. The first-order valence-electron chi connectivity index (χ1n) is 12.4. The second-order valence-corrected chi connectivity index (χ2v) is 9.90. The normalized spacial score (nSPS) is 21.9. The zero-order valence-electron chi connectivity index (χ0n) is 19.9. The SMILES string of the molecule is CCCC[C@H](CC(=O)NO)C(=O)N1CC2(CC2)C[C@H]1C(=O)Nc1ccc(N2CCOCC2)cc1. The topological polar surface area (TPSA) is 111 Å². The van der Waals surface area contributed by atoms with E-state index in [0.29, 0.717) is 38.3 Å². The average molecular weight is 473 g/mol. The molecule has 0 unspecified atom stereocenters. The van der Waals surface area contributed by atoms with Gasteiger partial charge >= 0.3 is 0 Å². The molecule has 3 fully saturated rings. The minimum Gasteiger partial charge on any atom is -0.378 e. The first-order chi connectivity index (χ1) is 16.4. The van der Waals surface area contributed by atoms with Crippen LogP contribution < -0.4 is 15.7 Å². The predicted octanol–water partition coefficient (Wildman–Crippen LogP) is 2.54. The molecule has 34 heavy (non-hydrogen) atoms. The highest BCUT2D eigenvalue weighted by Gasteiger charge is 2.55. The largest absolute Gasteiger partial charge is 0.378 e. The van der Waals surface area contributed by atoms with Crippen molar-refractivity contribution in [2.75, 3.05) is 43.1 Å². The summed E-state index contributed by atoms with van der Waals surface area (Å²) in [6.07, 6.45) is 4.89. The lowest BCUT2D eigenvalue weighted by molar-refractivity contribution is -0.143. The molecular formula is C25H36N4O5. The first-order valence-corrected chi connectivity index (χ1v) is 12.4. The van der Waals surface area contributed by atoms with E-state index in [1.165, 1.54) is 0 Å². The van der Waals surface area contributed by atoms with Gasteiger partial charge < -0.3 is 19.9 Å². The molecular weight excluding hydrogens is 436 g/mol. The van der Waals surface area contributed by atoms with Gasteiger partial charge in [-0.25, -0.2) is 5.48 Å². The van der Waals surface area contributed by atoms with Gasteiger partial charge in [0.2, 0.25) is 17.7 Å². The number of anilines is 2. The van der Waals surface area contributed by atoms with Gasteiger partial charge in [-0.2, -0.15) is 0 Å². The molecule has 0 radical (unpaired) electrons. The number of hydrogen-bond acceptors (Lipinski definition) is 6. The molecule has 1 aromatic rings. The molecule has 3 N–H and O–H groups in total. The van der Waals surface area contributed by atoms with Crippen molar-refractivity contribution in [3.8, 4) is 0 Å². The van der Waals surface area contributed by atoms with Crippen LogP contribution in [0.1, 0.15) is 51.9 Å². The molecule has 0 aromatic heterocycles. The van der Waals surface area contributed by atoms with E-state index in [4.69, 9.17) is 9.94 Å². The Kier molecular flexibility index (Phi) is 7.73. The van der Waals surface area contributed by atoms with Crippen LogP contribution in [-0.4, -0.2) is 66.7 Å². The van der Waals surface area contributed by atoms with Crippen molar-refractivity contribution < 1.29 is 24.3 Å². The molecule has 2 saturated heterocycles. The third kappa shape index (κ3) is 5.70. The molecule has 2 heterocycles. The van der Waals surface area contributed by atoms with Crippen molar-refractivity contribution in [3.05, 3.63) is 24.3 Å². The zero-order chi connectivity index (χ0) is 24.1.